The number of carbonyl (C=O) groups excluding carboxylic acids is 1. The molecule has 1 amide bonds. The van der Waals surface area contributed by atoms with Gasteiger partial charge in [0.15, 0.2) is 0 Å². The van der Waals surface area contributed by atoms with Crippen molar-refractivity contribution < 1.29 is 9.53 Å². The smallest absolute Gasteiger partial charge is 0.411 e. The molecule has 1 aromatic rings. The number of rotatable bonds is 2. The van der Waals surface area contributed by atoms with Crippen molar-refractivity contribution in [2.45, 2.75) is 45.6 Å². The van der Waals surface area contributed by atoms with E-state index in [0.29, 0.717) is 5.92 Å². The number of amides is 1. The van der Waals surface area contributed by atoms with Crippen LogP contribution in [0, 0.1) is 12.8 Å². The van der Waals surface area contributed by atoms with E-state index in [9.17, 15) is 4.79 Å². The van der Waals surface area contributed by atoms with Crippen molar-refractivity contribution in [2.24, 2.45) is 5.92 Å². The molecule has 3 heteroatoms. The molecule has 0 spiro atoms. The quantitative estimate of drug-likeness (QED) is 0.853. The van der Waals surface area contributed by atoms with Crippen molar-refractivity contribution in [2.75, 3.05) is 5.32 Å². The number of hydrogen-bond donors (Lipinski definition) is 1. The molecular formula is C15H21NO2. The largest absolute Gasteiger partial charge is 0.446 e. The van der Waals surface area contributed by atoms with Gasteiger partial charge in [-0.1, -0.05) is 25.5 Å². The highest BCUT2D eigenvalue weighted by molar-refractivity contribution is 5.84. The number of aryl methyl sites for hydroxylation is 1. The predicted octanol–water partition coefficient (Wildman–Crippen LogP) is 4.12. The maximum absolute atomic E-state index is 11.8. The molecule has 2 atom stereocenters. The number of carbonyl (C=O) groups is 1. The van der Waals surface area contributed by atoms with E-state index in [4.69, 9.17) is 4.74 Å². The van der Waals surface area contributed by atoms with Crippen molar-refractivity contribution >= 4 is 11.8 Å². The molecular weight excluding hydrogens is 226 g/mol. The van der Waals surface area contributed by atoms with Gasteiger partial charge in [-0.2, -0.15) is 0 Å². The van der Waals surface area contributed by atoms with Gasteiger partial charge in [-0.05, 0) is 49.8 Å². The van der Waals surface area contributed by atoms with E-state index in [0.717, 1.165) is 30.5 Å². The van der Waals surface area contributed by atoms with Crippen molar-refractivity contribution in [1.29, 1.82) is 0 Å². The molecule has 0 aromatic heterocycles. The molecule has 2 rings (SSSR count). The van der Waals surface area contributed by atoms with Gasteiger partial charge in [-0.3, -0.25) is 5.32 Å². The minimum atomic E-state index is -0.334. The number of anilines is 1. The van der Waals surface area contributed by atoms with E-state index < -0.39 is 0 Å². The average molecular weight is 247 g/mol. The topological polar surface area (TPSA) is 38.3 Å². The fourth-order valence-electron chi connectivity index (χ4n) is 2.46. The van der Waals surface area contributed by atoms with Crippen LogP contribution in [0.15, 0.2) is 24.3 Å². The van der Waals surface area contributed by atoms with Crippen LogP contribution < -0.4 is 5.32 Å². The van der Waals surface area contributed by atoms with Crippen LogP contribution in [0.3, 0.4) is 0 Å². The van der Waals surface area contributed by atoms with Crippen molar-refractivity contribution in [3.8, 4) is 0 Å². The monoisotopic (exact) mass is 247 g/mol. The number of hydrogen-bond acceptors (Lipinski definition) is 2. The Bertz CT molecular complexity index is 417. The number of ether oxygens (including phenoxy) is 1. The summed E-state index contributed by atoms with van der Waals surface area (Å²) in [5.41, 5.74) is 1.92. The minimum absolute atomic E-state index is 0.0727. The molecule has 1 aromatic carbocycles. The van der Waals surface area contributed by atoms with Gasteiger partial charge in [0.2, 0.25) is 0 Å². The summed E-state index contributed by atoms with van der Waals surface area (Å²) in [6.07, 6.45) is 4.29. The molecule has 0 aliphatic heterocycles. The van der Waals surface area contributed by atoms with Gasteiger partial charge in [0.1, 0.15) is 6.10 Å². The summed E-state index contributed by atoms with van der Waals surface area (Å²) in [5.74, 6) is 0.474. The molecule has 0 heterocycles. The van der Waals surface area contributed by atoms with Gasteiger partial charge < -0.3 is 4.74 Å². The summed E-state index contributed by atoms with van der Waals surface area (Å²) in [6, 6.07) is 7.73. The van der Waals surface area contributed by atoms with Crippen LogP contribution in [0.25, 0.3) is 0 Å². The first kappa shape index (κ1) is 12.9. The molecule has 0 bridgehead atoms. The summed E-state index contributed by atoms with van der Waals surface area (Å²) in [5, 5.41) is 2.79. The molecule has 0 radical (unpaired) electrons. The van der Waals surface area contributed by atoms with Gasteiger partial charge in [0, 0.05) is 5.69 Å². The molecule has 0 unspecified atom stereocenters. The molecule has 1 aliphatic carbocycles. The second-order valence-corrected chi connectivity index (χ2v) is 5.20. The minimum Gasteiger partial charge on any atom is -0.446 e. The fraction of sp³-hybridized carbons (Fsp3) is 0.533. The fourth-order valence-corrected chi connectivity index (χ4v) is 2.46. The van der Waals surface area contributed by atoms with Gasteiger partial charge >= 0.3 is 6.09 Å². The Morgan fingerprint density at radius 2 is 2.11 bits per heavy atom. The highest BCUT2D eigenvalue weighted by atomic mass is 16.6. The molecule has 3 nitrogen and oxygen atoms in total. The van der Waals surface area contributed by atoms with E-state index in [1.165, 1.54) is 6.42 Å². The van der Waals surface area contributed by atoms with Crippen LogP contribution in [-0.4, -0.2) is 12.2 Å². The SMILES string of the molecule is Cc1cccc(NC(=O)O[C@H]2CCCC[C@H]2C)c1. The predicted molar refractivity (Wildman–Crippen MR) is 72.7 cm³/mol. The molecule has 98 valence electrons. The van der Waals surface area contributed by atoms with Crippen LogP contribution in [0.1, 0.15) is 38.2 Å². The molecule has 18 heavy (non-hydrogen) atoms. The summed E-state index contributed by atoms with van der Waals surface area (Å²) >= 11 is 0. The lowest BCUT2D eigenvalue weighted by molar-refractivity contribution is 0.0524. The first-order valence-corrected chi connectivity index (χ1v) is 6.69. The van der Waals surface area contributed by atoms with Gasteiger partial charge in [-0.15, -0.1) is 0 Å². The second-order valence-electron chi connectivity index (χ2n) is 5.20. The maximum atomic E-state index is 11.8. The average Bonchev–Trinajstić information content (AvgIpc) is 2.32. The first-order valence-electron chi connectivity index (χ1n) is 6.69. The lowest BCUT2D eigenvalue weighted by Gasteiger charge is -2.28. The second kappa shape index (κ2) is 5.89. The third-order valence-corrected chi connectivity index (χ3v) is 3.56. The Balaban J connectivity index is 1.88. The zero-order valence-corrected chi connectivity index (χ0v) is 11.1. The number of benzene rings is 1. The Morgan fingerprint density at radius 1 is 1.33 bits per heavy atom. The van der Waals surface area contributed by atoms with Gasteiger partial charge in [0.25, 0.3) is 0 Å². The van der Waals surface area contributed by atoms with Crippen molar-refractivity contribution in [1.82, 2.24) is 0 Å². The third kappa shape index (κ3) is 3.49. The highest BCUT2D eigenvalue weighted by Crippen LogP contribution is 2.26. The van der Waals surface area contributed by atoms with E-state index >= 15 is 0 Å². The molecule has 0 saturated heterocycles. The van der Waals surface area contributed by atoms with E-state index in [2.05, 4.69) is 12.2 Å². The Labute approximate surface area is 109 Å². The Morgan fingerprint density at radius 3 is 2.83 bits per heavy atom. The van der Waals surface area contributed by atoms with Gasteiger partial charge in [-0.25, -0.2) is 4.79 Å². The Kier molecular flexibility index (Phi) is 4.24. The Hall–Kier alpha value is -1.51. The van der Waals surface area contributed by atoms with Crippen LogP contribution in [0.2, 0.25) is 0 Å². The van der Waals surface area contributed by atoms with E-state index in [1.54, 1.807) is 0 Å². The standard InChI is InChI=1S/C15H21NO2/c1-11-6-5-8-13(10-11)16-15(17)18-14-9-4-3-7-12(14)2/h5-6,8,10,12,14H,3-4,7,9H2,1-2H3,(H,16,17)/t12-,14+/m1/s1. The van der Waals surface area contributed by atoms with Crippen LogP contribution in [-0.2, 0) is 4.74 Å². The number of nitrogens with one attached hydrogen (secondary N) is 1. The molecule has 1 fully saturated rings. The summed E-state index contributed by atoms with van der Waals surface area (Å²) in [4.78, 5) is 11.8. The van der Waals surface area contributed by atoms with E-state index in [-0.39, 0.29) is 12.2 Å². The molecule has 1 aliphatic rings. The zero-order valence-electron chi connectivity index (χ0n) is 11.1. The summed E-state index contributed by atoms with van der Waals surface area (Å²) < 4.78 is 5.50. The first-order chi connectivity index (χ1) is 8.65. The lowest BCUT2D eigenvalue weighted by Crippen LogP contribution is -2.30. The maximum Gasteiger partial charge on any atom is 0.411 e. The lowest BCUT2D eigenvalue weighted by atomic mass is 9.88. The van der Waals surface area contributed by atoms with Gasteiger partial charge in [0.05, 0.1) is 0 Å². The van der Waals surface area contributed by atoms with Crippen LogP contribution in [0.5, 0.6) is 0 Å². The van der Waals surface area contributed by atoms with Crippen molar-refractivity contribution in [3.05, 3.63) is 29.8 Å². The van der Waals surface area contributed by atoms with E-state index in [1.807, 2.05) is 31.2 Å². The van der Waals surface area contributed by atoms with Crippen LogP contribution >= 0.6 is 0 Å². The normalized spacial score (nSPS) is 23.4. The summed E-state index contributed by atoms with van der Waals surface area (Å²) in [7, 11) is 0. The zero-order chi connectivity index (χ0) is 13.0. The molecule has 1 saturated carbocycles. The third-order valence-electron chi connectivity index (χ3n) is 3.56. The summed E-state index contributed by atoms with van der Waals surface area (Å²) in [6.45, 7) is 4.16. The molecule has 1 N–H and O–H groups in total. The van der Waals surface area contributed by atoms with Crippen molar-refractivity contribution in [3.63, 3.8) is 0 Å². The van der Waals surface area contributed by atoms with Crippen LogP contribution in [0.4, 0.5) is 10.5 Å². The highest BCUT2D eigenvalue weighted by Gasteiger charge is 2.24.